The van der Waals surface area contributed by atoms with Crippen molar-refractivity contribution in [1.29, 1.82) is 0 Å². The van der Waals surface area contributed by atoms with Crippen molar-refractivity contribution in [2.75, 3.05) is 5.34 Å². The third-order valence-electron chi connectivity index (χ3n) is 1.50. The van der Waals surface area contributed by atoms with Gasteiger partial charge in [-0.05, 0) is 17.7 Å². The summed E-state index contributed by atoms with van der Waals surface area (Å²) in [5.74, 6) is 0. The molecule has 0 aliphatic rings. The van der Waals surface area contributed by atoms with E-state index < -0.39 is 10.4 Å². The summed E-state index contributed by atoms with van der Waals surface area (Å²) in [6, 6.07) is 5.66. The first-order chi connectivity index (χ1) is 8.01. The van der Waals surface area contributed by atoms with Crippen molar-refractivity contribution in [2.24, 2.45) is 0 Å². The molecule has 0 atom stereocenters. The van der Waals surface area contributed by atoms with Gasteiger partial charge in [-0.25, -0.2) is 4.79 Å². The minimum absolute atomic E-state index is 0.00838. The third kappa shape index (κ3) is 7.79. The zero-order valence-electron chi connectivity index (χ0n) is 8.44. The van der Waals surface area contributed by atoms with Gasteiger partial charge in [-0.1, -0.05) is 0 Å². The van der Waals surface area contributed by atoms with Crippen LogP contribution in [0, 0.1) is 10.1 Å². The van der Waals surface area contributed by atoms with Crippen LogP contribution >= 0.6 is 34.8 Å². The minimum Gasteiger partial charge on any atom is -0.449 e. The average Bonchev–Trinajstić information content (AvgIpc) is 2.28. The molecule has 94 valence electrons. The van der Waals surface area contributed by atoms with Crippen molar-refractivity contribution in [3.05, 3.63) is 39.9 Å². The van der Waals surface area contributed by atoms with E-state index in [4.69, 9.17) is 34.8 Å². The summed E-state index contributed by atoms with van der Waals surface area (Å²) in [7, 11) is 0. The van der Waals surface area contributed by atoms with E-state index >= 15 is 0 Å². The van der Waals surface area contributed by atoms with Crippen LogP contribution in [0.25, 0.3) is 0 Å². The molecule has 0 aliphatic carbocycles. The Bertz CT molecular complexity index is 369. The maximum atomic E-state index is 10.3. The van der Waals surface area contributed by atoms with Crippen LogP contribution < -0.4 is 0 Å². The predicted octanol–water partition coefficient (Wildman–Crippen LogP) is 3.89. The molecule has 0 aliphatic heterocycles. The largest absolute Gasteiger partial charge is 0.449 e. The topological polar surface area (TPSA) is 69.4 Å². The van der Waals surface area contributed by atoms with E-state index in [1.54, 1.807) is 0 Å². The Hall–Kier alpha value is -1.04. The molecule has 5 nitrogen and oxygen atoms in total. The lowest BCUT2D eigenvalue weighted by Gasteiger charge is -1.99. The summed E-state index contributed by atoms with van der Waals surface area (Å²) in [6.07, 6.45) is 0. The number of halogens is 3. The Morgan fingerprint density at radius 1 is 1.29 bits per heavy atom. The van der Waals surface area contributed by atoms with Crippen molar-refractivity contribution >= 4 is 45.9 Å². The standard InChI is InChI=1S/C8H6ClNO4.CH2Cl2/c9-8(11)14-5-6-1-3-7(4-2-6)10(12)13;2-1-3/h1-4H,5H2;1H2. The van der Waals surface area contributed by atoms with Crippen LogP contribution in [0.4, 0.5) is 10.5 Å². The molecule has 0 saturated heterocycles. The number of benzene rings is 1. The van der Waals surface area contributed by atoms with E-state index in [2.05, 4.69) is 4.74 Å². The molecule has 0 saturated carbocycles. The van der Waals surface area contributed by atoms with Gasteiger partial charge in [0, 0.05) is 23.7 Å². The Morgan fingerprint density at radius 2 is 1.76 bits per heavy atom. The van der Waals surface area contributed by atoms with Gasteiger partial charge in [0.05, 0.1) is 10.3 Å². The van der Waals surface area contributed by atoms with Gasteiger partial charge >= 0.3 is 5.43 Å². The number of rotatable bonds is 3. The van der Waals surface area contributed by atoms with E-state index in [0.29, 0.717) is 5.56 Å². The van der Waals surface area contributed by atoms with Gasteiger partial charge in [0.25, 0.3) is 5.69 Å². The molecule has 0 aromatic heterocycles. The number of nitrogens with zero attached hydrogens (tertiary/aromatic N) is 1. The minimum atomic E-state index is -0.900. The fourth-order valence-electron chi connectivity index (χ4n) is 0.854. The monoisotopic (exact) mass is 299 g/mol. The van der Waals surface area contributed by atoms with E-state index in [9.17, 15) is 14.9 Å². The number of alkyl halides is 2. The Kier molecular flexibility index (Phi) is 8.49. The summed E-state index contributed by atoms with van der Waals surface area (Å²) < 4.78 is 4.48. The number of carbonyl (C=O) groups is 1. The number of hydrogen-bond acceptors (Lipinski definition) is 4. The SMILES string of the molecule is ClCCl.O=C(Cl)OCc1ccc([N+](=O)[O-])cc1. The fourth-order valence-corrected chi connectivity index (χ4v) is 0.909. The summed E-state index contributed by atoms with van der Waals surface area (Å²) in [5.41, 5.74) is -0.265. The molecule has 0 N–H and O–H groups in total. The summed E-state index contributed by atoms with van der Waals surface area (Å²) in [6.45, 7) is 0.0142. The normalized spacial score (nSPS) is 8.88. The van der Waals surface area contributed by atoms with Crippen molar-refractivity contribution in [2.45, 2.75) is 6.61 Å². The van der Waals surface area contributed by atoms with Crippen LogP contribution in [0.1, 0.15) is 5.56 Å². The molecule has 0 unspecified atom stereocenters. The highest BCUT2D eigenvalue weighted by Gasteiger charge is 2.04. The van der Waals surface area contributed by atoms with Crippen LogP contribution in [-0.4, -0.2) is 15.7 Å². The molecular formula is C9H8Cl3NO4. The van der Waals surface area contributed by atoms with Gasteiger partial charge in [0.1, 0.15) is 6.61 Å². The zero-order chi connectivity index (χ0) is 13.3. The molecule has 0 fully saturated rings. The maximum absolute atomic E-state index is 10.3. The van der Waals surface area contributed by atoms with Crippen molar-refractivity contribution in [3.8, 4) is 0 Å². The smallest absolute Gasteiger partial charge is 0.404 e. The predicted molar refractivity (Wildman–Crippen MR) is 65.7 cm³/mol. The second-order valence-electron chi connectivity index (χ2n) is 2.55. The molecule has 0 bridgehead atoms. The van der Waals surface area contributed by atoms with E-state index in [1.807, 2.05) is 0 Å². The second-order valence-corrected chi connectivity index (χ2v) is 3.67. The second kappa shape index (κ2) is 9.04. The van der Waals surface area contributed by atoms with Crippen molar-refractivity contribution in [1.82, 2.24) is 0 Å². The lowest BCUT2D eigenvalue weighted by Crippen LogP contribution is -1.95. The summed E-state index contributed by atoms with van der Waals surface area (Å²) >= 11 is 14.5. The number of carbonyl (C=O) groups excluding carboxylic acids is 1. The maximum Gasteiger partial charge on any atom is 0.404 e. The van der Waals surface area contributed by atoms with Gasteiger partial charge in [-0.3, -0.25) is 10.1 Å². The molecule has 0 amide bonds. The lowest BCUT2D eigenvalue weighted by molar-refractivity contribution is -0.384. The van der Waals surface area contributed by atoms with Gasteiger partial charge in [-0.2, -0.15) is 0 Å². The van der Waals surface area contributed by atoms with Gasteiger partial charge in [0.15, 0.2) is 0 Å². The lowest BCUT2D eigenvalue weighted by atomic mass is 10.2. The van der Waals surface area contributed by atoms with Crippen LogP contribution in [-0.2, 0) is 11.3 Å². The van der Waals surface area contributed by atoms with Crippen molar-refractivity contribution in [3.63, 3.8) is 0 Å². The van der Waals surface area contributed by atoms with Gasteiger partial charge in [-0.15, -0.1) is 23.2 Å². The van der Waals surface area contributed by atoms with Crippen LogP contribution in [0.5, 0.6) is 0 Å². The molecule has 0 heterocycles. The number of ether oxygens (including phenoxy) is 1. The molecule has 1 aromatic rings. The first-order valence-corrected chi connectivity index (χ1v) is 5.63. The van der Waals surface area contributed by atoms with E-state index in [0.717, 1.165) is 0 Å². The van der Waals surface area contributed by atoms with Gasteiger partial charge in [0.2, 0.25) is 0 Å². The highest BCUT2D eigenvalue weighted by Crippen LogP contribution is 2.12. The first-order valence-electron chi connectivity index (χ1n) is 4.18. The van der Waals surface area contributed by atoms with Crippen molar-refractivity contribution < 1.29 is 14.5 Å². The number of hydrogen-bond donors (Lipinski definition) is 0. The molecule has 1 aromatic carbocycles. The molecule has 8 heteroatoms. The number of non-ortho nitro benzene ring substituents is 1. The van der Waals surface area contributed by atoms with Gasteiger partial charge < -0.3 is 4.74 Å². The highest BCUT2D eigenvalue weighted by atomic mass is 35.5. The molecule has 17 heavy (non-hydrogen) atoms. The van der Waals surface area contributed by atoms with Crippen LogP contribution in [0.3, 0.4) is 0 Å². The Balaban J connectivity index is 0.000000770. The van der Waals surface area contributed by atoms with Crippen LogP contribution in [0.2, 0.25) is 0 Å². The van der Waals surface area contributed by atoms with E-state index in [-0.39, 0.29) is 17.6 Å². The molecule has 1 rings (SSSR count). The fraction of sp³-hybridized carbons (Fsp3) is 0.222. The molecule has 0 spiro atoms. The number of nitro benzene ring substituents is 1. The number of nitro groups is 1. The summed E-state index contributed by atoms with van der Waals surface area (Å²) in [4.78, 5) is 20.0. The quantitative estimate of drug-likeness (QED) is 0.367. The van der Waals surface area contributed by atoms with E-state index in [1.165, 1.54) is 24.3 Å². The third-order valence-corrected chi connectivity index (χ3v) is 1.61. The average molecular weight is 301 g/mol. The zero-order valence-corrected chi connectivity index (χ0v) is 10.7. The Morgan fingerprint density at radius 3 is 2.12 bits per heavy atom. The highest BCUT2D eigenvalue weighted by molar-refractivity contribution is 6.61. The molecular weight excluding hydrogens is 292 g/mol. The first kappa shape index (κ1) is 16.0. The Labute approximate surface area is 112 Å². The summed E-state index contributed by atoms with van der Waals surface area (Å²) in [5, 5.41) is 10.5. The van der Waals surface area contributed by atoms with Crippen LogP contribution in [0.15, 0.2) is 24.3 Å². The molecule has 0 radical (unpaired) electrons.